The van der Waals surface area contributed by atoms with Gasteiger partial charge in [0.05, 0.1) is 6.04 Å². The summed E-state index contributed by atoms with van der Waals surface area (Å²) < 4.78 is 0. The van der Waals surface area contributed by atoms with Crippen LogP contribution in [0.25, 0.3) is 0 Å². The number of unbranched alkanes of at least 4 members (excludes halogenated alkanes) is 1. The molecule has 0 saturated carbocycles. The van der Waals surface area contributed by atoms with Gasteiger partial charge in [-0.25, -0.2) is 0 Å². The van der Waals surface area contributed by atoms with Crippen LogP contribution in [0.15, 0.2) is 0 Å². The minimum absolute atomic E-state index is 0.164. The zero-order chi connectivity index (χ0) is 12.8. The summed E-state index contributed by atoms with van der Waals surface area (Å²) in [6, 6.07) is -1.01. The molecular weight excluding hydrogens is 220 g/mol. The Labute approximate surface area is 101 Å². The van der Waals surface area contributed by atoms with E-state index in [9.17, 15) is 9.59 Å². The van der Waals surface area contributed by atoms with Crippen molar-refractivity contribution in [2.24, 2.45) is 17.2 Å². The van der Waals surface area contributed by atoms with Crippen LogP contribution in [-0.2, 0) is 9.59 Å². The number of nitrogens with zero attached hydrogens (tertiary/aromatic N) is 1. The quantitative estimate of drug-likeness (QED) is 0.514. The van der Waals surface area contributed by atoms with Crippen molar-refractivity contribution in [3.63, 3.8) is 0 Å². The first-order valence-electron chi connectivity index (χ1n) is 6.13. The Hall–Kier alpha value is -1.14. The van der Waals surface area contributed by atoms with E-state index < -0.39 is 18.0 Å². The predicted molar refractivity (Wildman–Crippen MR) is 64.8 cm³/mol. The first kappa shape index (κ1) is 13.9. The van der Waals surface area contributed by atoms with E-state index in [-0.39, 0.29) is 5.91 Å². The number of primary amides is 1. The van der Waals surface area contributed by atoms with Crippen molar-refractivity contribution in [3.8, 4) is 0 Å². The molecule has 6 heteroatoms. The number of hydrogen-bond acceptors (Lipinski definition) is 4. The standard InChI is InChI=1S/C11H22N4O2/c12-6-2-1-4-8(13)11(17)15-7-3-5-9(15)10(14)16/h8-9H,1-7,12-13H2,(H2,14,16)/t8-,9-/m0/s1. The number of carbonyl (C=O) groups is 2. The molecule has 1 heterocycles. The Kier molecular flexibility index (Phi) is 5.37. The molecule has 98 valence electrons. The lowest BCUT2D eigenvalue weighted by Gasteiger charge is -2.25. The second-order valence-electron chi connectivity index (χ2n) is 4.48. The SMILES string of the molecule is NCCCC[C@H](N)C(=O)N1CCC[C@H]1C(N)=O. The fourth-order valence-electron chi connectivity index (χ4n) is 2.17. The van der Waals surface area contributed by atoms with Crippen LogP contribution < -0.4 is 17.2 Å². The molecule has 2 amide bonds. The van der Waals surface area contributed by atoms with Crippen molar-refractivity contribution in [3.05, 3.63) is 0 Å². The Morgan fingerprint density at radius 2 is 2.06 bits per heavy atom. The third kappa shape index (κ3) is 3.67. The Morgan fingerprint density at radius 3 is 2.65 bits per heavy atom. The van der Waals surface area contributed by atoms with E-state index in [1.165, 1.54) is 4.90 Å². The second kappa shape index (κ2) is 6.56. The van der Waals surface area contributed by atoms with Crippen molar-refractivity contribution in [2.75, 3.05) is 13.1 Å². The molecule has 0 aromatic carbocycles. The van der Waals surface area contributed by atoms with Crippen LogP contribution >= 0.6 is 0 Å². The Balaban J connectivity index is 2.47. The summed E-state index contributed by atoms with van der Waals surface area (Å²) in [5, 5.41) is 0. The van der Waals surface area contributed by atoms with Crippen molar-refractivity contribution >= 4 is 11.8 Å². The van der Waals surface area contributed by atoms with Gasteiger partial charge in [-0.1, -0.05) is 6.42 Å². The van der Waals surface area contributed by atoms with Crippen LogP contribution in [0.3, 0.4) is 0 Å². The van der Waals surface area contributed by atoms with Gasteiger partial charge >= 0.3 is 0 Å². The molecule has 6 nitrogen and oxygen atoms in total. The molecular formula is C11H22N4O2. The number of likely N-dealkylation sites (tertiary alicyclic amines) is 1. The van der Waals surface area contributed by atoms with E-state index >= 15 is 0 Å². The first-order chi connectivity index (χ1) is 8.07. The summed E-state index contributed by atoms with van der Waals surface area (Å²) in [6.07, 6.45) is 3.77. The maximum atomic E-state index is 12.0. The highest BCUT2D eigenvalue weighted by atomic mass is 16.2. The number of carbonyl (C=O) groups excluding carboxylic acids is 2. The van der Waals surface area contributed by atoms with Gasteiger partial charge in [-0.05, 0) is 32.2 Å². The molecule has 1 fully saturated rings. The van der Waals surface area contributed by atoms with Gasteiger partial charge in [0.15, 0.2) is 0 Å². The summed E-state index contributed by atoms with van der Waals surface area (Å²) in [4.78, 5) is 24.7. The van der Waals surface area contributed by atoms with E-state index in [2.05, 4.69) is 0 Å². The fraction of sp³-hybridized carbons (Fsp3) is 0.818. The highest BCUT2D eigenvalue weighted by molar-refractivity contribution is 5.89. The zero-order valence-corrected chi connectivity index (χ0v) is 10.1. The maximum absolute atomic E-state index is 12.0. The van der Waals surface area contributed by atoms with Gasteiger partial charge in [0.25, 0.3) is 0 Å². The van der Waals surface area contributed by atoms with Crippen LogP contribution in [0, 0.1) is 0 Å². The molecule has 6 N–H and O–H groups in total. The van der Waals surface area contributed by atoms with Gasteiger partial charge in [-0.2, -0.15) is 0 Å². The van der Waals surface area contributed by atoms with Crippen molar-refractivity contribution in [1.82, 2.24) is 4.90 Å². The molecule has 1 aliphatic rings. The minimum atomic E-state index is -0.540. The number of hydrogen-bond donors (Lipinski definition) is 3. The topological polar surface area (TPSA) is 115 Å². The minimum Gasteiger partial charge on any atom is -0.368 e. The van der Waals surface area contributed by atoms with Gasteiger partial charge in [0, 0.05) is 6.54 Å². The van der Waals surface area contributed by atoms with Crippen molar-refractivity contribution < 1.29 is 9.59 Å². The summed E-state index contributed by atoms with van der Waals surface area (Å²) in [7, 11) is 0. The van der Waals surface area contributed by atoms with Crippen LogP contribution in [0.1, 0.15) is 32.1 Å². The zero-order valence-electron chi connectivity index (χ0n) is 10.1. The predicted octanol–water partition coefficient (Wildman–Crippen LogP) is -1.08. The largest absolute Gasteiger partial charge is 0.368 e. The smallest absolute Gasteiger partial charge is 0.240 e. The van der Waals surface area contributed by atoms with Crippen LogP contribution in [0.5, 0.6) is 0 Å². The normalized spacial score (nSPS) is 21.5. The lowest BCUT2D eigenvalue weighted by molar-refractivity contribution is -0.138. The summed E-state index contributed by atoms with van der Waals surface area (Å²) in [5.74, 6) is -0.603. The molecule has 1 rings (SSSR count). The van der Waals surface area contributed by atoms with E-state index in [0.29, 0.717) is 25.9 Å². The fourth-order valence-corrected chi connectivity index (χ4v) is 2.17. The molecule has 1 saturated heterocycles. The highest BCUT2D eigenvalue weighted by Gasteiger charge is 2.34. The van der Waals surface area contributed by atoms with Crippen LogP contribution in [-0.4, -0.2) is 41.9 Å². The third-order valence-corrected chi connectivity index (χ3v) is 3.15. The van der Waals surface area contributed by atoms with Gasteiger partial charge in [-0.15, -0.1) is 0 Å². The van der Waals surface area contributed by atoms with Gasteiger partial charge in [0.2, 0.25) is 11.8 Å². The highest BCUT2D eigenvalue weighted by Crippen LogP contribution is 2.18. The molecule has 0 unspecified atom stereocenters. The summed E-state index contributed by atoms with van der Waals surface area (Å²) >= 11 is 0. The monoisotopic (exact) mass is 242 g/mol. The number of nitrogens with two attached hydrogens (primary N) is 3. The van der Waals surface area contributed by atoms with Crippen LogP contribution in [0.2, 0.25) is 0 Å². The number of amides is 2. The molecule has 0 radical (unpaired) electrons. The molecule has 0 aromatic rings. The molecule has 2 atom stereocenters. The molecule has 1 aliphatic heterocycles. The van der Waals surface area contributed by atoms with Crippen LogP contribution in [0.4, 0.5) is 0 Å². The molecule has 0 bridgehead atoms. The molecule has 17 heavy (non-hydrogen) atoms. The second-order valence-corrected chi connectivity index (χ2v) is 4.48. The Bertz CT molecular complexity index is 283. The van der Waals surface area contributed by atoms with E-state index in [4.69, 9.17) is 17.2 Å². The van der Waals surface area contributed by atoms with E-state index in [0.717, 1.165) is 19.3 Å². The van der Waals surface area contributed by atoms with Gasteiger partial charge in [-0.3, -0.25) is 9.59 Å². The Morgan fingerprint density at radius 1 is 1.35 bits per heavy atom. The summed E-state index contributed by atoms with van der Waals surface area (Å²) in [5.41, 5.74) is 16.5. The van der Waals surface area contributed by atoms with Gasteiger partial charge in [0.1, 0.15) is 6.04 Å². The average molecular weight is 242 g/mol. The third-order valence-electron chi connectivity index (χ3n) is 3.15. The van der Waals surface area contributed by atoms with E-state index in [1.807, 2.05) is 0 Å². The van der Waals surface area contributed by atoms with Crippen molar-refractivity contribution in [2.45, 2.75) is 44.2 Å². The molecule has 0 aliphatic carbocycles. The maximum Gasteiger partial charge on any atom is 0.240 e. The molecule has 0 spiro atoms. The number of rotatable bonds is 6. The van der Waals surface area contributed by atoms with E-state index in [1.54, 1.807) is 0 Å². The lowest BCUT2D eigenvalue weighted by atomic mass is 10.1. The first-order valence-corrected chi connectivity index (χ1v) is 6.13. The lowest BCUT2D eigenvalue weighted by Crippen LogP contribution is -2.50. The molecule has 0 aromatic heterocycles. The average Bonchev–Trinajstić information content (AvgIpc) is 2.77. The summed E-state index contributed by atoms with van der Waals surface area (Å²) in [6.45, 7) is 1.19. The van der Waals surface area contributed by atoms with Gasteiger partial charge < -0.3 is 22.1 Å². The van der Waals surface area contributed by atoms with Crippen molar-refractivity contribution in [1.29, 1.82) is 0 Å².